The van der Waals surface area contributed by atoms with Gasteiger partial charge in [0.15, 0.2) is 0 Å². The summed E-state index contributed by atoms with van der Waals surface area (Å²) in [5.41, 5.74) is 2.41. The second-order valence-corrected chi connectivity index (χ2v) is 7.21. The molecule has 1 aromatic carbocycles. The highest BCUT2D eigenvalue weighted by molar-refractivity contribution is 5.80. The first-order valence-corrected chi connectivity index (χ1v) is 8.20. The van der Waals surface area contributed by atoms with Crippen molar-refractivity contribution < 1.29 is 19.2 Å². The Morgan fingerprint density at radius 2 is 1.83 bits per heavy atom. The zero-order valence-corrected chi connectivity index (χ0v) is 14.8. The standard InChI is InChI=1S/C18H26N2O4/c1-5-18(12-20(13-18)17(2,3)4)15(21)24-19-16(22)23-11-14-9-7-6-8-10-14/h6-10H,5,11-13H2,1-4H3,(H,19,22). The fourth-order valence-corrected chi connectivity index (χ4v) is 2.60. The molecular weight excluding hydrogens is 308 g/mol. The highest BCUT2D eigenvalue weighted by Gasteiger charge is 2.52. The molecule has 0 aromatic heterocycles. The smallest absolute Gasteiger partial charge is 0.441 e. The molecule has 1 saturated heterocycles. The van der Waals surface area contributed by atoms with Crippen LogP contribution in [0.3, 0.4) is 0 Å². The van der Waals surface area contributed by atoms with Crippen LogP contribution in [0.15, 0.2) is 30.3 Å². The Morgan fingerprint density at radius 3 is 2.38 bits per heavy atom. The van der Waals surface area contributed by atoms with E-state index in [1.54, 1.807) is 0 Å². The van der Waals surface area contributed by atoms with Gasteiger partial charge < -0.3 is 9.57 Å². The summed E-state index contributed by atoms with van der Waals surface area (Å²) in [5, 5.41) is 0. The molecular formula is C18H26N2O4. The van der Waals surface area contributed by atoms with Gasteiger partial charge in [-0.2, -0.15) is 0 Å². The molecule has 0 radical (unpaired) electrons. The summed E-state index contributed by atoms with van der Waals surface area (Å²) < 4.78 is 5.01. The van der Waals surface area contributed by atoms with Gasteiger partial charge in [0.1, 0.15) is 6.61 Å². The van der Waals surface area contributed by atoms with E-state index >= 15 is 0 Å². The molecule has 0 spiro atoms. The van der Waals surface area contributed by atoms with Gasteiger partial charge in [0.05, 0.1) is 5.41 Å². The minimum atomic E-state index is -0.773. The molecule has 0 aliphatic carbocycles. The SMILES string of the molecule is CCC1(C(=O)ONC(=O)OCc2ccccc2)CN(C(C)(C)C)C1. The Morgan fingerprint density at radius 1 is 1.21 bits per heavy atom. The summed E-state index contributed by atoms with van der Waals surface area (Å²) in [7, 11) is 0. The first-order chi connectivity index (χ1) is 11.3. The van der Waals surface area contributed by atoms with Crippen LogP contribution in [-0.4, -0.2) is 35.6 Å². The molecule has 132 valence electrons. The molecule has 6 nitrogen and oxygen atoms in total. The van der Waals surface area contributed by atoms with E-state index in [0.29, 0.717) is 19.5 Å². The zero-order chi connectivity index (χ0) is 17.8. The molecule has 0 unspecified atom stereocenters. The lowest BCUT2D eigenvalue weighted by molar-refractivity contribution is -0.179. The van der Waals surface area contributed by atoms with Crippen molar-refractivity contribution in [1.82, 2.24) is 10.4 Å². The minimum absolute atomic E-state index is 0.0149. The van der Waals surface area contributed by atoms with E-state index in [1.165, 1.54) is 0 Å². The van der Waals surface area contributed by atoms with E-state index in [2.05, 4.69) is 31.2 Å². The first kappa shape index (κ1) is 18.3. The van der Waals surface area contributed by atoms with Gasteiger partial charge in [-0.25, -0.2) is 9.59 Å². The number of benzene rings is 1. The van der Waals surface area contributed by atoms with E-state index in [-0.39, 0.29) is 12.1 Å². The number of rotatable bonds is 4. The molecule has 1 aliphatic heterocycles. The predicted molar refractivity (Wildman–Crippen MR) is 89.9 cm³/mol. The van der Waals surface area contributed by atoms with Crippen molar-refractivity contribution in [1.29, 1.82) is 0 Å². The van der Waals surface area contributed by atoms with Crippen molar-refractivity contribution in [3.05, 3.63) is 35.9 Å². The number of amides is 1. The number of nitrogens with one attached hydrogen (secondary N) is 1. The third kappa shape index (κ3) is 4.26. The number of likely N-dealkylation sites (tertiary alicyclic amines) is 1. The maximum atomic E-state index is 12.3. The molecule has 1 amide bonds. The van der Waals surface area contributed by atoms with Crippen LogP contribution in [0.2, 0.25) is 0 Å². The van der Waals surface area contributed by atoms with Crippen LogP contribution in [0.25, 0.3) is 0 Å². The maximum absolute atomic E-state index is 12.3. The van der Waals surface area contributed by atoms with Crippen LogP contribution in [0, 0.1) is 5.41 Å². The van der Waals surface area contributed by atoms with Crippen LogP contribution < -0.4 is 5.48 Å². The van der Waals surface area contributed by atoms with Crippen LogP contribution in [0.1, 0.15) is 39.7 Å². The molecule has 1 aromatic rings. The molecule has 1 N–H and O–H groups in total. The number of carbonyl (C=O) groups is 2. The van der Waals surface area contributed by atoms with Crippen LogP contribution >= 0.6 is 0 Å². The van der Waals surface area contributed by atoms with E-state index in [9.17, 15) is 9.59 Å². The predicted octanol–water partition coefficient (Wildman–Crippen LogP) is 2.88. The van der Waals surface area contributed by atoms with Crippen molar-refractivity contribution in [2.24, 2.45) is 5.41 Å². The third-order valence-electron chi connectivity index (χ3n) is 4.49. The van der Waals surface area contributed by atoms with Crippen LogP contribution in [-0.2, 0) is 21.0 Å². The van der Waals surface area contributed by atoms with E-state index in [1.807, 2.05) is 37.3 Å². The number of nitrogens with zero attached hydrogens (tertiary/aromatic N) is 1. The molecule has 6 heteroatoms. The lowest BCUT2D eigenvalue weighted by atomic mass is 9.75. The first-order valence-electron chi connectivity index (χ1n) is 8.20. The molecule has 1 aliphatic rings. The summed E-state index contributed by atoms with van der Waals surface area (Å²) in [6.07, 6.45) is -0.107. The van der Waals surface area contributed by atoms with Crippen molar-refractivity contribution >= 4 is 12.1 Å². The van der Waals surface area contributed by atoms with Crippen LogP contribution in [0.5, 0.6) is 0 Å². The molecule has 2 rings (SSSR count). The molecule has 1 fully saturated rings. The Bertz CT molecular complexity index is 574. The topological polar surface area (TPSA) is 67.9 Å². The van der Waals surface area contributed by atoms with E-state index in [0.717, 1.165) is 5.56 Å². The van der Waals surface area contributed by atoms with Gasteiger partial charge in [0.25, 0.3) is 0 Å². The van der Waals surface area contributed by atoms with Gasteiger partial charge in [-0.05, 0) is 32.8 Å². The largest absolute Gasteiger partial charge is 0.443 e. The number of ether oxygens (including phenoxy) is 1. The summed E-state index contributed by atoms with van der Waals surface area (Å²) in [4.78, 5) is 31.1. The Kier molecular flexibility index (Phi) is 5.49. The molecule has 0 bridgehead atoms. The van der Waals surface area contributed by atoms with Crippen molar-refractivity contribution in [2.45, 2.75) is 46.3 Å². The summed E-state index contributed by atoms with van der Waals surface area (Å²) in [6.45, 7) is 9.67. The van der Waals surface area contributed by atoms with Gasteiger partial charge >= 0.3 is 12.1 Å². The maximum Gasteiger partial charge on any atom is 0.441 e. The van der Waals surface area contributed by atoms with Gasteiger partial charge in [0, 0.05) is 18.6 Å². The molecule has 0 saturated carbocycles. The Balaban J connectivity index is 1.77. The van der Waals surface area contributed by atoms with Gasteiger partial charge in [-0.3, -0.25) is 4.90 Å². The number of carbonyl (C=O) groups excluding carboxylic acids is 2. The van der Waals surface area contributed by atoms with Crippen LogP contribution in [0.4, 0.5) is 4.79 Å². The number of hydrogen-bond acceptors (Lipinski definition) is 5. The second-order valence-electron chi connectivity index (χ2n) is 7.21. The van der Waals surface area contributed by atoms with E-state index in [4.69, 9.17) is 9.57 Å². The minimum Gasteiger partial charge on any atom is -0.443 e. The summed E-state index contributed by atoms with van der Waals surface area (Å²) in [5.74, 6) is -0.415. The molecule has 0 atom stereocenters. The van der Waals surface area contributed by atoms with E-state index < -0.39 is 17.5 Å². The highest BCUT2D eigenvalue weighted by atomic mass is 16.7. The van der Waals surface area contributed by atoms with Crippen molar-refractivity contribution in [3.8, 4) is 0 Å². The summed E-state index contributed by atoms with van der Waals surface area (Å²) in [6, 6.07) is 9.30. The highest BCUT2D eigenvalue weighted by Crippen LogP contribution is 2.39. The van der Waals surface area contributed by atoms with Gasteiger partial charge in [-0.1, -0.05) is 37.3 Å². The monoisotopic (exact) mass is 334 g/mol. The Hall–Kier alpha value is -2.08. The lowest BCUT2D eigenvalue weighted by Crippen LogP contribution is -2.66. The second kappa shape index (κ2) is 7.21. The van der Waals surface area contributed by atoms with Crippen molar-refractivity contribution in [3.63, 3.8) is 0 Å². The van der Waals surface area contributed by atoms with Gasteiger partial charge in [-0.15, -0.1) is 5.48 Å². The fraction of sp³-hybridized carbons (Fsp3) is 0.556. The quantitative estimate of drug-likeness (QED) is 0.858. The van der Waals surface area contributed by atoms with Gasteiger partial charge in [0.2, 0.25) is 0 Å². The average molecular weight is 334 g/mol. The fourth-order valence-electron chi connectivity index (χ4n) is 2.60. The van der Waals surface area contributed by atoms with Crippen molar-refractivity contribution in [2.75, 3.05) is 13.1 Å². The number of hydroxylamine groups is 1. The zero-order valence-electron chi connectivity index (χ0n) is 14.8. The molecule has 1 heterocycles. The molecule has 24 heavy (non-hydrogen) atoms. The number of hydrogen-bond donors (Lipinski definition) is 1. The Labute approximate surface area is 143 Å². The summed E-state index contributed by atoms with van der Waals surface area (Å²) >= 11 is 0. The lowest BCUT2D eigenvalue weighted by Gasteiger charge is -2.53. The average Bonchev–Trinajstić information content (AvgIpc) is 2.50. The normalized spacial score (nSPS) is 16.8. The third-order valence-corrected chi connectivity index (χ3v) is 4.49.